The molecule has 0 unspecified atom stereocenters. The number of fused-ring (bicyclic) bond motifs is 1. The second kappa shape index (κ2) is 8.04. The molecule has 0 atom stereocenters. The van der Waals surface area contributed by atoms with Crippen LogP contribution in [0.4, 0.5) is 5.69 Å². The molecular weight excluding hydrogens is 404 g/mol. The van der Waals surface area contributed by atoms with Gasteiger partial charge in [-0.05, 0) is 24.6 Å². The van der Waals surface area contributed by atoms with Crippen LogP contribution in [0.25, 0.3) is 28.0 Å². The van der Waals surface area contributed by atoms with Crippen molar-refractivity contribution in [3.05, 3.63) is 70.6 Å². The van der Waals surface area contributed by atoms with Gasteiger partial charge in [0.25, 0.3) is 5.56 Å². The first kappa shape index (κ1) is 19.7. The molecule has 0 spiro atoms. The van der Waals surface area contributed by atoms with Gasteiger partial charge in [-0.3, -0.25) is 9.59 Å². The quantitative estimate of drug-likeness (QED) is 0.478. The van der Waals surface area contributed by atoms with Crippen LogP contribution in [-0.2, 0) is 4.79 Å². The first-order valence-corrected chi connectivity index (χ1v) is 9.78. The molecule has 2 aromatic carbocycles. The van der Waals surface area contributed by atoms with Gasteiger partial charge in [-0.2, -0.15) is 9.61 Å². The maximum absolute atomic E-state index is 13.4. The van der Waals surface area contributed by atoms with Gasteiger partial charge in [0, 0.05) is 11.3 Å². The Bertz CT molecular complexity index is 1280. The number of aromatic amines is 1. The molecule has 2 heterocycles. The molecule has 0 bridgehead atoms. The van der Waals surface area contributed by atoms with Crippen LogP contribution in [0.3, 0.4) is 0 Å². The monoisotopic (exact) mass is 422 g/mol. The zero-order valence-corrected chi connectivity index (χ0v) is 17.2. The summed E-state index contributed by atoms with van der Waals surface area (Å²) in [5.74, 6) is 0.102. The van der Waals surface area contributed by atoms with E-state index in [4.69, 9.17) is 16.3 Å². The number of anilines is 1. The number of carbonyl (C=O) groups is 1. The van der Waals surface area contributed by atoms with Crippen LogP contribution in [0.1, 0.15) is 5.69 Å². The van der Waals surface area contributed by atoms with Gasteiger partial charge in [0.15, 0.2) is 5.65 Å². The predicted molar refractivity (Wildman–Crippen MR) is 117 cm³/mol. The minimum absolute atomic E-state index is 0.210. The average Bonchev–Trinajstić information content (AvgIpc) is 3.13. The van der Waals surface area contributed by atoms with E-state index in [2.05, 4.69) is 15.4 Å². The Kier molecular flexibility index (Phi) is 5.29. The lowest BCUT2D eigenvalue weighted by atomic mass is 10.1. The Hall–Kier alpha value is -3.58. The van der Waals surface area contributed by atoms with E-state index in [9.17, 15) is 9.59 Å². The standard InChI is InChI=1S/C22H19ClN4O3/c1-13-18(14-8-10-16(30-2)11-9-14)22(29)27-21(24-13)20(25-17(28)12-23)19(26-27)15-6-4-3-5-7-15/h3-11,24H,12H2,1-2H3,(H,25,28). The van der Waals surface area contributed by atoms with Gasteiger partial charge >= 0.3 is 0 Å². The molecule has 0 aliphatic carbocycles. The number of aromatic nitrogens is 3. The third-order valence-corrected chi connectivity index (χ3v) is 5.03. The van der Waals surface area contributed by atoms with Crippen molar-refractivity contribution in [2.45, 2.75) is 6.92 Å². The summed E-state index contributed by atoms with van der Waals surface area (Å²) >= 11 is 5.69. The van der Waals surface area contributed by atoms with Crippen molar-refractivity contribution in [1.82, 2.24) is 14.6 Å². The molecular formula is C22H19ClN4O3. The molecule has 152 valence electrons. The number of rotatable bonds is 5. The lowest BCUT2D eigenvalue weighted by Crippen LogP contribution is -2.20. The molecule has 0 fully saturated rings. The topological polar surface area (TPSA) is 88.5 Å². The lowest BCUT2D eigenvalue weighted by molar-refractivity contribution is -0.113. The first-order chi connectivity index (χ1) is 14.5. The van der Waals surface area contributed by atoms with Crippen LogP contribution in [0.5, 0.6) is 5.75 Å². The molecule has 8 heteroatoms. The SMILES string of the molecule is COc1ccc(-c2c(C)[nH]c3c(NC(=O)CCl)c(-c4ccccc4)nn3c2=O)cc1. The first-order valence-electron chi connectivity index (χ1n) is 9.24. The molecule has 0 saturated heterocycles. The van der Waals surface area contributed by atoms with Crippen LogP contribution in [0.15, 0.2) is 59.4 Å². The summed E-state index contributed by atoms with van der Waals surface area (Å²) in [4.78, 5) is 28.6. The van der Waals surface area contributed by atoms with Gasteiger partial charge in [0.05, 0.1) is 12.7 Å². The number of benzene rings is 2. The smallest absolute Gasteiger partial charge is 0.282 e. The molecule has 0 aliphatic rings. The normalized spacial score (nSPS) is 10.9. The number of halogens is 1. The molecule has 2 N–H and O–H groups in total. The fourth-order valence-electron chi connectivity index (χ4n) is 3.37. The number of carbonyl (C=O) groups excluding carboxylic acids is 1. The highest BCUT2D eigenvalue weighted by Gasteiger charge is 2.21. The molecule has 2 aromatic heterocycles. The molecule has 0 saturated carbocycles. The second-order valence-electron chi connectivity index (χ2n) is 6.69. The highest BCUT2D eigenvalue weighted by atomic mass is 35.5. The van der Waals surface area contributed by atoms with Gasteiger partial charge in [0.1, 0.15) is 23.0 Å². The van der Waals surface area contributed by atoms with Gasteiger partial charge in [-0.15, -0.1) is 11.6 Å². The van der Waals surface area contributed by atoms with Gasteiger partial charge in [-0.25, -0.2) is 0 Å². The maximum atomic E-state index is 13.4. The molecule has 30 heavy (non-hydrogen) atoms. The highest BCUT2D eigenvalue weighted by Crippen LogP contribution is 2.31. The number of ether oxygens (including phenoxy) is 1. The summed E-state index contributed by atoms with van der Waals surface area (Å²) in [6, 6.07) is 16.6. The number of H-pyrrole nitrogens is 1. The number of nitrogens with zero attached hydrogens (tertiary/aromatic N) is 2. The molecule has 0 aliphatic heterocycles. The Morgan fingerprint density at radius 3 is 2.47 bits per heavy atom. The van der Waals surface area contributed by atoms with Crippen molar-refractivity contribution in [3.8, 4) is 28.1 Å². The molecule has 1 amide bonds. The Morgan fingerprint density at radius 1 is 1.13 bits per heavy atom. The van der Waals surface area contributed by atoms with Crippen LogP contribution >= 0.6 is 11.6 Å². The molecule has 4 aromatic rings. The minimum atomic E-state index is -0.388. The van der Waals surface area contributed by atoms with Crippen LogP contribution in [-0.4, -0.2) is 33.5 Å². The van der Waals surface area contributed by atoms with Crippen LogP contribution in [0, 0.1) is 6.92 Å². The summed E-state index contributed by atoms with van der Waals surface area (Å²) in [5, 5.41) is 7.29. The van der Waals surface area contributed by atoms with E-state index in [0.717, 1.165) is 11.1 Å². The molecule has 0 radical (unpaired) electrons. The van der Waals surface area contributed by atoms with E-state index in [1.807, 2.05) is 49.4 Å². The van der Waals surface area contributed by atoms with Crippen molar-refractivity contribution < 1.29 is 9.53 Å². The third-order valence-electron chi connectivity index (χ3n) is 4.78. The molecule has 4 rings (SSSR count). The van der Waals surface area contributed by atoms with Crippen LogP contribution < -0.4 is 15.6 Å². The zero-order valence-electron chi connectivity index (χ0n) is 16.4. The van der Waals surface area contributed by atoms with Crippen LogP contribution in [0.2, 0.25) is 0 Å². The number of alkyl halides is 1. The van der Waals surface area contributed by atoms with E-state index in [-0.39, 0.29) is 17.3 Å². The number of hydrogen-bond donors (Lipinski definition) is 2. The zero-order chi connectivity index (χ0) is 21.3. The van der Waals surface area contributed by atoms with E-state index in [0.29, 0.717) is 34.0 Å². The fourth-order valence-corrected chi connectivity index (χ4v) is 3.44. The van der Waals surface area contributed by atoms with Crippen molar-refractivity contribution >= 4 is 28.8 Å². The summed E-state index contributed by atoms with van der Waals surface area (Å²) in [6.07, 6.45) is 0. The summed E-state index contributed by atoms with van der Waals surface area (Å²) in [6.45, 7) is 1.81. The van der Waals surface area contributed by atoms with Crippen molar-refractivity contribution in [1.29, 1.82) is 0 Å². The Labute approximate surface area is 177 Å². The minimum Gasteiger partial charge on any atom is -0.497 e. The number of hydrogen-bond acceptors (Lipinski definition) is 4. The summed E-state index contributed by atoms with van der Waals surface area (Å²) in [5.41, 5.74) is 3.63. The van der Waals surface area contributed by atoms with Crippen molar-refractivity contribution in [3.63, 3.8) is 0 Å². The van der Waals surface area contributed by atoms with E-state index < -0.39 is 0 Å². The number of nitrogens with one attached hydrogen (secondary N) is 2. The summed E-state index contributed by atoms with van der Waals surface area (Å²) in [7, 11) is 1.59. The van der Waals surface area contributed by atoms with Gasteiger partial charge in [-0.1, -0.05) is 42.5 Å². The second-order valence-corrected chi connectivity index (χ2v) is 6.96. The number of methoxy groups -OCH3 is 1. The molecule has 7 nitrogen and oxygen atoms in total. The van der Waals surface area contributed by atoms with Gasteiger partial charge in [0.2, 0.25) is 5.91 Å². The summed E-state index contributed by atoms with van der Waals surface area (Å²) < 4.78 is 6.47. The fraction of sp³-hybridized carbons (Fsp3) is 0.136. The number of amides is 1. The highest BCUT2D eigenvalue weighted by molar-refractivity contribution is 6.29. The Morgan fingerprint density at radius 2 is 1.83 bits per heavy atom. The van der Waals surface area contributed by atoms with Crippen molar-refractivity contribution in [2.75, 3.05) is 18.3 Å². The van der Waals surface area contributed by atoms with E-state index in [1.54, 1.807) is 19.2 Å². The van der Waals surface area contributed by atoms with Gasteiger partial charge < -0.3 is 15.0 Å². The van der Waals surface area contributed by atoms with E-state index in [1.165, 1.54) is 4.52 Å². The lowest BCUT2D eigenvalue weighted by Gasteiger charge is -2.09. The third kappa shape index (κ3) is 3.44. The maximum Gasteiger partial charge on any atom is 0.282 e. The van der Waals surface area contributed by atoms with E-state index >= 15 is 0 Å². The van der Waals surface area contributed by atoms with Crippen molar-refractivity contribution in [2.24, 2.45) is 0 Å². The number of aryl methyl sites for hydroxylation is 1. The largest absolute Gasteiger partial charge is 0.497 e. The predicted octanol–water partition coefficient (Wildman–Crippen LogP) is 3.85. The Balaban J connectivity index is 1.97. The average molecular weight is 423 g/mol.